The summed E-state index contributed by atoms with van der Waals surface area (Å²) >= 11 is 6.00. The monoisotopic (exact) mass is 369 g/mol. The molecule has 1 amide bonds. The van der Waals surface area contributed by atoms with Gasteiger partial charge in [-0.1, -0.05) is 17.7 Å². The highest BCUT2D eigenvalue weighted by Gasteiger charge is 2.09. The highest BCUT2D eigenvalue weighted by atomic mass is 35.5. The van der Waals surface area contributed by atoms with Crippen LogP contribution in [0.3, 0.4) is 0 Å². The van der Waals surface area contributed by atoms with Crippen LogP contribution in [0.25, 0.3) is 0 Å². The van der Waals surface area contributed by atoms with Gasteiger partial charge in [-0.3, -0.25) is 9.78 Å². The summed E-state index contributed by atoms with van der Waals surface area (Å²) in [6.07, 6.45) is 6.24. The third kappa shape index (κ3) is 4.46. The second-order valence-electron chi connectivity index (χ2n) is 5.30. The van der Waals surface area contributed by atoms with Crippen LogP contribution in [0, 0.1) is 0 Å². The first-order valence-corrected chi connectivity index (χ1v) is 8.13. The molecule has 3 aromatic rings. The first-order chi connectivity index (χ1) is 12.7. The van der Waals surface area contributed by atoms with Crippen molar-refractivity contribution in [1.82, 2.24) is 20.3 Å². The van der Waals surface area contributed by atoms with Crippen LogP contribution in [-0.2, 0) is 6.54 Å². The fourth-order valence-electron chi connectivity index (χ4n) is 2.20. The minimum absolute atomic E-state index is 0.220. The Kier molecular flexibility index (Phi) is 5.60. The standard InChI is InChI=1S/C18H16ClN5O2/c1-26-16-5-4-13(19)7-14(16)24-17-11-21-15(10-22-17)18(25)23-9-12-3-2-6-20-8-12/h2-8,10-11H,9H2,1H3,(H,22,24)(H,23,25). The molecule has 1 aromatic carbocycles. The molecular formula is C18H16ClN5O2. The van der Waals surface area contributed by atoms with Crippen molar-refractivity contribution in [2.45, 2.75) is 6.54 Å². The van der Waals surface area contributed by atoms with Crippen LogP contribution >= 0.6 is 11.6 Å². The molecule has 0 unspecified atom stereocenters. The summed E-state index contributed by atoms with van der Waals surface area (Å²) in [6.45, 7) is 0.369. The maximum Gasteiger partial charge on any atom is 0.271 e. The summed E-state index contributed by atoms with van der Waals surface area (Å²) in [5, 5.41) is 6.40. The SMILES string of the molecule is COc1ccc(Cl)cc1Nc1cnc(C(=O)NCc2cccnc2)cn1. The molecule has 0 bridgehead atoms. The number of amides is 1. The van der Waals surface area contributed by atoms with E-state index >= 15 is 0 Å². The number of benzene rings is 1. The van der Waals surface area contributed by atoms with Crippen molar-refractivity contribution in [3.8, 4) is 5.75 Å². The second kappa shape index (κ2) is 8.26. The van der Waals surface area contributed by atoms with Gasteiger partial charge in [-0.15, -0.1) is 0 Å². The molecule has 2 aromatic heterocycles. The minimum atomic E-state index is -0.312. The number of hydrogen-bond donors (Lipinski definition) is 2. The van der Waals surface area contributed by atoms with E-state index in [1.54, 1.807) is 37.7 Å². The third-order valence-corrected chi connectivity index (χ3v) is 3.72. The molecule has 0 aliphatic rings. The fraction of sp³-hybridized carbons (Fsp3) is 0.111. The number of ether oxygens (including phenoxy) is 1. The number of anilines is 2. The van der Waals surface area contributed by atoms with Crippen LogP contribution in [0.2, 0.25) is 5.02 Å². The Hall–Kier alpha value is -3.19. The topological polar surface area (TPSA) is 89.0 Å². The van der Waals surface area contributed by atoms with Crippen molar-refractivity contribution in [1.29, 1.82) is 0 Å². The summed E-state index contributed by atoms with van der Waals surface area (Å²) in [5.74, 6) is 0.775. The van der Waals surface area contributed by atoms with Gasteiger partial charge in [0.15, 0.2) is 0 Å². The molecule has 0 saturated carbocycles. The average molecular weight is 370 g/mol. The van der Waals surface area contributed by atoms with E-state index < -0.39 is 0 Å². The van der Waals surface area contributed by atoms with Crippen LogP contribution in [0.4, 0.5) is 11.5 Å². The predicted molar refractivity (Wildman–Crippen MR) is 98.7 cm³/mol. The lowest BCUT2D eigenvalue weighted by Crippen LogP contribution is -2.24. The van der Waals surface area contributed by atoms with Crippen molar-refractivity contribution in [2.75, 3.05) is 12.4 Å². The van der Waals surface area contributed by atoms with Gasteiger partial charge < -0.3 is 15.4 Å². The predicted octanol–water partition coefficient (Wildman–Crippen LogP) is 3.21. The Morgan fingerprint density at radius 1 is 1.19 bits per heavy atom. The summed E-state index contributed by atoms with van der Waals surface area (Å²) in [5.41, 5.74) is 1.78. The van der Waals surface area contributed by atoms with Crippen molar-refractivity contribution < 1.29 is 9.53 Å². The van der Waals surface area contributed by atoms with Gasteiger partial charge in [0.2, 0.25) is 0 Å². The zero-order chi connectivity index (χ0) is 18.4. The van der Waals surface area contributed by atoms with E-state index in [9.17, 15) is 4.79 Å². The highest BCUT2D eigenvalue weighted by Crippen LogP contribution is 2.29. The summed E-state index contributed by atoms with van der Waals surface area (Å²) in [6, 6.07) is 8.89. The summed E-state index contributed by atoms with van der Waals surface area (Å²) < 4.78 is 5.27. The van der Waals surface area contributed by atoms with Crippen molar-refractivity contribution in [3.05, 3.63) is 71.4 Å². The van der Waals surface area contributed by atoms with Gasteiger partial charge in [0.25, 0.3) is 5.91 Å². The van der Waals surface area contributed by atoms with Gasteiger partial charge in [-0.25, -0.2) is 9.97 Å². The second-order valence-corrected chi connectivity index (χ2v) is 5.74. The summed E-state index contributed by atoms with van der Waals surface area (Å²) in [4.78, 5) is 24.5. The Labute approximate surface area is 155 Å². The van der Waals surface area contributed by atoms with Crippen molar-refractivity contribution in [2.24, 2.45) is 0 Å². The van der Waals surface area contributed by atoms with Crippen molar-refractivity contribution >= 4 is 29.0 Å². The van der Waals surface area contributed by atoms with Gasteiger partial charge in [0, 0.05) is 24.0 Å². The minimum Gasteiger partial charge on any atom is -0.495 e. The van der Waals surface area contributed by atoms with Crippen LogP contribution < -0.4 is 15.4 Å². The van der Waals surface area contributed by atoms with Crippen LogP contribution in [0.15, 0.2) is 55.1 Å². The normalized spacial score (nSPS) is 10.2. The van der Waals surface area contributed by atoms with Gasteiger partial charge in [-0.2, -0.15) is 0 Å². The molecule has 0 atom stereocenters. The van der Waals surface area contributed by atoms with E-state index in [2.05, 4.69) is 25.6 Å². The molecule has 0 saturated heterocycles. The highest BCUT2D eigenvalue weighted by molar-refractivity contribution is 6.31. The Balaban J connectivity index is 1.65. The first-order valence-electron chi connectivity index (χ1n) is 7.75. The molecule has 2 heterocycles. The van der Waals surface area contributed by atoms with Gasteiger partial charge in [-0.05, 0) is 29.8 Å². The van der Waals surface area contributed by atoms with E-state index in [1.165, 1.54) is 12.4 Å². The number of carbonyl (C=O) groups is 1. The zero-order valence-corrected chi connectivity index (χ0v) is 14.7. The Morgan fingerprint density at radius 3 is 2.77 bits per heavy atom. The number of aromatic nitrogens is 3. The summed E-state index contributed by atoms with van der Waals surface area (Å²) in [7, 11) is 1.57. The maximum absolute atomic E-state index is 12.1. The van der Waals surface area contributed by atoms with E-state index in [1.807, 2.05) is 12.1 Å². The number of methoxy groups -OCH3 is 1. The van der Waals surface area contributed by atoms with E-state index in [4.69, 9.17) is 16.3 Å². The lowest BCUT2D eigenvalue weighted by molar-refractivity contribution is 0.0945. The average Bonchev–Trinajstić information content (AvgIpc) is 2.68. The molecule has 0 aliphatic carbocycles. The molecule has 0 aliphatic heterocycles. The van der Waals surface area contributed by atoms with Crippen LogP contribution in [-0.4, -0.2) is 28.0 Å². The first kappa shape index (κ1) is 17.6. The Morgan fingerprint density at radius 2 is 2.08 bits per heavy atom. The quantitative estimate of drug-likeness (QED) is 0.693. The third-order valence-electron chi connectivity index (χ3n) is 3.48. The number of nitrogens with zero attached hydrogens (tertiary/aromatic N) is 3. The van der Waals surface area contributed by atoms with Crippen LogP contribution in [0.5, 0.6) is 5.75 Å². The molecule has 7 nitrogen and oxygen atoms in total. The molecular weight excluding hydrogens is 354 g/mol. The number of halogens is 1. The smallest absolute Gasteiger partial charge is 0.271 e. The number of carbonyl (C=O) groups excluding carboxylic acids is 1. The fourth-order valence-corrected chi connectivity index (χ4v) is 2.37. The largest absolute Gasteiger partial charge is 0.495 e. The molecule has 0 spiro atoms. The Bertz CT molecular complexity index is 888. The van der Waals surface area contributed by atoms with Gasteiger partial charge >= 0.3 is 0 Å². The maximum atomic E-state index is 12.1. The van der Waals surface area contributed by atoms with Gasteiger partial charge in [0.05, 0.1) is 25.2 Å². The number of nitrogens with one attached hydrogen (secondary N) is 2. The number of pyridine rings is 1. The van der Waals surface area contributed by atoms with Gasteiger partial charge in [0.1, 0.15) is 17.3 Å². The van der Waals surface area contributed by atoms with E-state index in [-0.39, 0.29) is 11.6 Å². The lowest BCUT2D eigenvalue weighted by atomic mass is 10.3. The van der Waals surface area contributed by atoms with E-state index in [0.717, 1.165) is 5.56 Å². The molecule has 26 heavy (non-hydrogen) atoms. The lowest BCUT2D eigenvalue weighted by Gasteiger charge is -2.11. The van der Waals surface area contributed by atoms with Crippen LogP contribution in [0.1, 0.15) is 16.1 Å². The molecule has 0 radical (unpaired) electrons. The zero-order valence-electron chi connectivity index (χ0n) is 13.9. The number of hydrogen-bond acceptors (Lipinski definition) is 6. The molecule has 3 rings (SSSR count). The molecule has 132 valence electrons. The van der Waals surface area contributed by atoms with Crippen molar-refractivity contribution in [3.63, 3.8) is 0 Å². The number of rotatable bonds is 6. The molecule has 8 heteroatoms. The molecule has 0 fully saturated rings. The van der Waals surface area contributed by atoms with E-state index in [0.29, 0.717) is 28.8 Å². The molecule has 2 N–H and O–H groups in total.